The van der Waals surface area contributed by atoms with Gasteiger partial charge in [-0.05, 0) is 63.4 Å². The molecule has 134 valence electrons. The summed E-state index contributed by atoms with van der Waals surface area (Å²) in [6, 6.07) is 6.59. The number of hydrogen-bond acceptors (Lipinski definition) is 3. The minimum atomic E-state index is 0.105. The van der Waals surface area contributed by atoms with Crippen molar-refractivity contribution >= 4 is 5.91 Å². The molecule has 24 heavy (non-hydrogen) atoms. The van der Waals surface area contributed by atoms with Gasteiger partial charge < -0.3 is 14.5 Å². The first-order chi connectivity index (χ1) is 11.6. The maximum atomic E-state index is 12.4. The number of benzene rings is 1. The van der Waals surface area contributed by atoms with Crippen LogP contribution < -0.4 is 4.74 Å². The summed E-state index contributed by atoms with van der Waals surface area (Å²) in [5, 5.41) is 0. The van der Waals surface area contributed by atoms with Gasteiger partial charge in [-0.1, -0.05) is 26.0 Å². The van der Waals surface area contributed by atoms with E-state index in [9.17, 15) is 4.79 Å². The number of amides is 1. The first-order valence-electron chi connectivity index (χ1n) is 9.27. The van der Waals surface area contributed by atoms with Gasteiger partial charge in [0.15, 0.2) is 6.61 Å². The summed E-state index contributed by atoms with van der Waals surface area (Å²) in [6.07, 6.45) is 3.34. The molecular weight excluding hydrogens is 300 g/mol. The molecule has 0 aliphatic carbocycles. The monoisotopic (exact) mass is 332 g/mol. The van der Waals surface area contributed by atoms with E-state index in [2.05, 4.69) is 31.7 Å². The zero-order valence-electron chi connectivity index (χ0n) is 15.7. The number of nitrogens with zero attached hydrogens (tertiary/aromatic N) is 2. The molecule has 0 N–H and O–H groups in total. The minimum absolute atomic E-state index is 0.105. The number of carbonyl (C=O) groups excluding carboxylic acids is 1. The highest BCUT2D eigenvalue weighted by atomic mass is 16.5. The molecule has 1 aliphatic rings. The lowest BCUT2D eigenvalue weighted by molar-refractivity contribution is -0.135. The highest BCUT2D eigenvalue weighted by Crippen LogP contribution is 2.21. The van der Waals surface area contributed by atoms with Crippen LogP contribution in [0.1, 0.15) is 44.2 Å². The zero-order chi connectivity index (χ0) is 17.5. The molecule has 4 heteroatoms. The second-order valence-electron chi connectivity index (χ2n) is 6.73. The van der Waals surface area contributed by atoms with Crippen molar-refractivity contribution in [1.82, 2.24) is 9.80 Å². The normalized spacial score (nSPS) is 15.8. The summed E-state index contributed by atoms with van der Waals surface area (Å²) in [7, 11) is 0. The molecule has 0 bridgehead atoms. The van der Waals surface area contributed by atoms with Gasteiger partial charge in [0.1, 0.15) is 5.75 Å². The average Bonchev–Trinajstić information content (AvgIpc) is 2.61. The Hall–Kier alpha value is -1.55. The fraction of sp³-hybridized carbons (Fsp3) is 0.650. The summed E-state index contributed by atoms with van der Waals surface area (Å²) in [5.74, 6) is 0.922. The van der Waals surface area contributed by atoms with Gasteiger partial charge in [-0.25, -0.2) is 0 Å². The van der Waals surface area contributed by atoms with Crippen molar-refractivity contribution in [2.75, 3.05) is 32.8 Å². The molecule has 4 nitrogen and oxygen atoms in total. The van der Waals surface area contributed by atoms with Crippen molar-refractivity contribution in [3.8, 4) is 5.75 Å². The standard InChI is InChI=1S/C20H32N2O2/c1-5-12-21(6-2)18-10-13-22(14-11-18)20(23)15-24-19-9-7-8-16(3)17(19)4/h7-9,18H,5-6,10-15H2,1-4H3. The first kappa shape index (κ1) is 18.8. The topological polar surface area (TPSA) is 32.8 Å². The molecule has 2 rings (SSSR count). The van der Waals surface area contributed by atoms with Crippen molar-refractivity contribution in [3.05, 3.63) is 29.3 Å². The lowest BCUT2D eigenvalue weighted by Crippen LogP contribution is -2.48. The van der Waals surface area contributed by atoms with E-state index in [1.54, 1.807) is 0 Å². The molecule has 1 amide bonds. The molecule has 1 aromatic rings. The molecule has 0 atom stereocenters. The lowest BCUT2D eigenvalue weighted by Gasteiger charge is -2.38. The Kier molecular flexibility index (Phi) is 7.10. The maximum absolute atomic E-state index is 12.4. The van der Waals surface area contributed by atoms with Gasteiger partial charge in [-0.2, -0.15) is 0 Å². The molecule has 0 unspecified atom stereocenters. The number of aryl methyl sites for hydroxylation is 1. The van der Waals surface area contributed by atoms with Crippen LogP contribution >= 0.6 is 0 Å². The molecule has 1 aromatic carbocycles. The van der Waals surface area contributed by atoms with Crippen molar-refractivity contribution in [1.29, 1.82) is 0 Å². The summed E-state index contributed by atoms with van der Waals surface area (Å²) in [6.45, 7) is 12.6. The van der Waals surface area contributed by atoms with Gasteiger partial charge in [0.05, 0.1) is 0 Å². The van der Waals surface area contributed by atoms with Crippen molar-refractivity contribution < 1.29 is 9.53 Å². The fourth-order valence-electron chi connectivity index (χ4n) is 3.48. The molecule has 1 saturated heterocycles. The molecule has 0 aromatic heterocycles. The van der Waals surface area contributed by atoms with Gasteiger partial charge >= 0.3 is 0 Å². The van der Waals surface area contributed by atoms with Gasteiger partial charge in [0.25, 0.3) is 5.91 Å². The molecule has 1 heterocycles. The number of hydrogen-bond donors (Lipinski definition) is 0. The summed E-state index contributed by atoms with van der Waals surface area (Å²) in [5.41, 5.74) is 2.30. The van der Waals surface area contributed by atoms with Crippen LogP contribution in [0.15, 0.2) is 18.2 Å². The van der Waals surface area contributed by atoms with E-state index < -0.39 is 0 Å². The maximum Gasteiger partial charge on any atom is 0.260 e. The third-order valence-corrected chi connectivity index (χ3v) is 5.16. The molecule has 0 radical (unpaired) electrons. The summed E-state index contributed by atoms with van der Waals surface area (Å²) < 4.78 is 5.77. The van der Waals surface area contributed by atoms with Crippen LogP contribution in [0, 0.1) is 13.8 Å². The minimum Gasteiger partial charge on any atom is -0.483 e. The van der Waals surface area contributed by atoms with Crippen LogP contribution in [-0.2, 0) is 4.79 Å². The third kappa shape index (κ3) is 4.73. The van der Waals surface area contributed by atoms with E-state index in [0.717, 1.165) is 50.3 Å². The number of piperidine rings is 1. The van der Waals surface area contributed by atoms with Crippen molar-refractivity contribution in [2.45, 2.75) is 53.0 Å². The summed E-state index contributed by atoms with van der Waals surface area (Å²) in [4.78, 5) is 16.9. The van der Waals surface area contributed by atoms with Gasteiger partial charge in [-0.3, -0.25) is 4.79 Å². The van der Waals surface area contributed by atoms with Crippen molar-refractivity contribution in [3.63, 3.8) is 0 Å². The quantitative estimate of drug-likeness (QED) is 0.767. The highest BCUT2D eigenvalue weighted by Gasteiger charge is 2.26. The zero-order valence-corrected chi connectivity index (χ0v) is 15.7. The first-order valence-corrected chi connectivity index (χ1v) is 9.27. The van der Waals surface area contributed by atoms with Gasteiger partial charge in [-0.15, -0.1) is 0 Å². The SMILES string of the molecule is CCCN(CC)C1CCN(C(=O)COc2cccc(C)c2C)CC1. The molecule has 1 fully saturated rings. The van der Waals surface area contributed by atoms with E-state index in [1.165, 1.54) is 12.0 Å². The van der Waals surface area contributed by atoms with E-state index >= 15 is 0 Å². The van der Waals surface area contributed by atoms with E-state index in [-0.39, 0.29) is 12.5 Å². The second-order valence-corrected chi connectivity index (χ2v) is 6.73. The van der Waals surface area contributed by atoms with E-state index in [4.69, 9.17) is 4.74 Å². The fourth-order valence-corrected chi connectivity index (χ4v) is 3.48. The van der Waals surface area contributed by atoms with Crippen LogP contribution in [0.4, 0.5) is 0 Å². The second kappa shape index (κ2) is 9.07. The molecular formula is C20H32N2O2. The number of carbonyl (C=O) groups is 1. The van der Waals surface area contributed by atoms with Gasteiger partial charge in [0.2, 0.25) is 0 Å². The van der Waals surface area contributed by atoms with Gasteiger partial charge in [0, 0.05) is 19.1 Å². The largest absolute Gasteiger partial charge is 0.483 e. The summed E-state index contributed by atoms with van der Waals surface area (Å²) >= 11 is 0. The lowest BCUT2D eigenvalue weighted by atomic mass is 10.0. The predicted molar refractivity (Wildman–Crippen MR) is 98.6 cm³/mol. The number of rotatable bonds is 7. The molecule has 0 spiro atoms. The van der Waals surface area contributed by atoms with Crippen LogP contribution in [-0.4, -0.2) is 54.5 Å². The van der Waals surface area contributed by atoms with Crippen LogP contribution in [0.3, 0.4) is 0 Å². The van der Waals surface area contributed by atoms with E-state index in [0.29, 0.717) is 6.04 Å². The Bertz CT molecular complexity index is 536. The number of ether oxygens (including phenoxy) is 1. The average molecular weight is 332 g/mol. The van der Waals surface area contributed by atoms with Crippen LogP contribution in [0.25, 0.3) is 0 Å². The Morgan fingerprint density at radius 2 is 1.96 bits per heavy atom. The Balaban J connectivity index is 1.81. The van der Waals surface area contributed by atoms with Crippen LogP contribution in [0.5, 0.6) is 5.75 Å². The molecule has 0 saturated carbocycles. The third-order valence-electron chi connectivity index (χ3n) is 5.16. The Morgan fingerprint density at radius 3 is 2.58 bits per heavy atom. The predicted octanol–water partition coefficient (Wildman–Crippen LogP) is 3.41. The smallest absolute Gasteiger partial charge is 0.260 e. The van der Waals surface area contributed by atoms with E-state index in [1.807, 2.05) is 24.0 Å². The van der Waals surface area contributed by atoms with Crippen molar-refractivity contribution in [2.24, 2.45) is 0 Å². The van der Waals surface area contributed by atoms with Crippen LogP contribution in [0.2, 0.25) is 0 Å². The number of likely N-dealkylation sites (tertiary alicyclic amines) is 1. The highest BCUT2D eigenvalue weighted by molar-refractivity contribution is 5.78. The Morgan fingerprint density at radius 1 is 1.25 bits per heavy atom. The Labute approximate surface area is 146 Å². The molecule has 1 aliphatic heterocycles.